The zero-order valence-electron chi connectivity index (χ0n) is 12.1. The average Bonchev–Trinajstić information content (AvgIpc) is 3.02. The van der Waals surface area contributed by atoms with E-state index in [9.17, 15) is 0 Å². The second-order valence-corrected chi connectivity index (χ2v) is 6.55. The molecule has 0 aliphatic heterocycles. The van der Waals surface area contributed by atoms with E-state index in [1.165, 1.54) is 23.3 Å². The quantitative estimate of drug-likeness (QED) is 0.851. The Bertz CT molecular complexity index is 559. The maximum atomic E-state index is 5.64. The van der Waals surface area contributed by atoms with Crippen LogP contribution < -0.4 is 5.32 Å². The Morgan fingerprint density at radius 2 is 2.30 bits per heavy atom. The molecule has 3 rings (SSSR count). The molecule has 1 N–H and O–H groups in total. The van der Waals surface area contributed by atoms with Crippen LogP contribution in [0.4, 0.5) is 0 Å². The van der Waals surface area contributed by atoms with Crippen LogP contribution in [0.1, 0.15) is 34.7 Å². The maximum Gasteiger partial charge on any atom is 0.118 e. The highest BCUT2D eigenvalue weighted by Crippen LogP contribution is 2.20. The fourth-order valence-corrected chi connectivity index (χ4v) is 3.05. The van der Waals surface area contributed by atoms with Crippen molar-refractivity contribution in [2.45, 2.75) is 45.4 Å². The van der Waals surface area contributed by atoms with Crippen LogP contribution in [0.5, 0.6) is 0 Å². The lowest BCUT2D eigenvalue weighted by molar-refractivity contribution is 0.289. The van der Waals surface area contributed by atoms with Gasteiger partial charge in [0.15, 0.2) is 0 Å². The Kier molecular flexibility index (Phi) is 4.19. The molecule has 2 aromatic heterocycles. The maximum absolute atomic E-state index is 5.64. The Morgan fingerprint density at radius 3 is 3.00 bits per heavy atom. The van der Waals surface area contributed by atoms with Crippen molar-refractivity contribution in [2.75, 3.05) is 7.05 Å². The van der Waals surface area contributed by atoms with Crippen LogP contribution in [0, 0.1) is 6.92 Å². The number of nitrogens with one attached hydrogen (secondary N) is 1. The van der Waals surface area contributed by atoms with Crippen molar-refractivity contribution >= 4 is 11.3 Å². The van der Waals surface area contributed by atoms with Crippen LogP contribution in [-0.4, -0.2) is 23.0 Å². The third-order valence-corrected chi connectivity index (χ3v) is 4.48. The van der Waals surface area contributed by atoms with E-state index in [2.05, 4.69) is 35.2 Å². The first-order chi connectivity index (χ1) is 9.70. The fourth-order valence-electron chi connectivity index (χ4n) is 2.20. The number of aromatic nitrogens is 1. The van der Waals surface area contributed by atoms with Crippen molar-refractivity contribution in [3.05, 3.63) is 39.7 Å². The molecule has 2 heterocycles. The number of furan rings is 1. The van der Waals surface area contributed by atoms with E-state index in [-0.39, 0.29) is 0 Å². The number of thiazole rings is 1. The second-order valence-electron chi connectivity index (χ2n) is 5.61. The molecule has 0 amide bonds. The van der Waals surface area contributed by atoms with Gasteiger partial charge in [-0.2, -0.15) is 0 Å². The van der Waals surface area contributed by atoms with E-state index in [1.807, 2.05) is 11.8 Å². The predicted octanol–water partition coefficient (Wildman–Crippen LogP) is 2.93. The molecule has 4 nitrogen and oxygen atoms in total. The van der Waals surface area contributed by atoms with Crippen molar-refractivity contribution in [3.63, 3.8) is 0 Å². The number of rotatable bonds is 7. The van der Waals surface area contributed by atoms with Gasteiger partial charge in [-0.05, 0) is 32.9 Å². The molecule has 0 unspecified atom stereocenters. The monoisotopic (exact) mass is 291 g/mol. The zero-order chi connectivity index (χ0) is 13.9. The topological polar surface area (TPSA) is 41.3 Å². The van der Waals surface area contributed by atoms with E-state index in [1.54, 1.807) is 11.3 Å². The van der Waals surface area contributed by atoms with Gasteiger partial charge in [-0.15, -0.1) is 11.3 Å². The standard InChI is InChI=1S/C15H21N3OS/c1-11-15(20-10-17-11)8-18(2)7-14-5-12(9-19-14)6-16-13-3-4-13/h5,9-10,13,16H,3-4,6-8H2,1-2H3. The van der Waals surface area contributed by atoms with E-state index >= 15 is 0 Å². The highest BCUT2D eigenvalue weighted by molar-refractivity contribution is 7.09. The van der Waals surface area contributed by atoms with Crippen LogP contribution in [0.25, 0.3) is 0 Å². The molecule has 0 atom stereocenters. The molecule has 0 bridgehead atoms. The molecule has 2 aromatic rings. The third-order valence-electron chi connectivity index (χ3n) is 3.56. The Balaban J connectivity index is 1.50. The van der Waals surface area contributed by atoms with Gasteiger partial charge in [-0.3, -0.25) is 4.90 Å². The van der Waals surface area contributed by atoms with Gasteiger partial charge >= 0.3 is 0 Å². The molecular weight excluding hydrogens is 270 g/mol. The smallest absolute Gasteiger partial charge is 0.118 e. The molecule has 0 saturated heterocycles. The van der Waals surface area contributed by atoms with Gasteiger partial charge in [-0.1, -0.05) is 0 Å². The number of nitrogens with zero attached hydrogens (tertiary/aromatic N) is 2. The molecule has 1 saturated carbocycles. The van der Waals surface area contributed by atoms with E-state index in [0.29, 0.717) is 0 Å². The van der Waals surface area contributed by atoms with Crippen molar-refractivity contribution in [1.82, 2.24) is 15.2 Å². The summed E-state index contributed by atoms with van der Waals surface area (Å²) in [6, 6.07) is 2.90. The molecule has 20 heavy (non-hydrogen) atoms. The molecule has 108 valence electrons. The molecule has 0 spiro atoms. The zero-order valence-corrected chi connectivity index (χ0v) is 12.9. The summed E-state index contributed by atoms with van der Waals surface area (Å²) in [5.41, 5.74) is 4.29. The van der Waals surface area contributed by atoms with E-state index < -0.39 is 0 Å². The molecule has 1 fully saturated rings. The number of aryl methyl sites for hydroxylation is 1. The first-order valence-electron chi connectivity index (χ1n) is 7.08. The van der Waals surface area contributed by atoms with Crippen LogP contribution in [-0.2, 0) is 19.6 Å². The molecule has 0 radical (unpaired) electrons. The van der Waals surface area contributed by atoms with Crippen LogP contribution in [0.2, 0.25) is 0 Å². The number of hydrogen-bond donors (Lipinski definition) is 1. The Hall–Kier alpha value is -1.17. The van der Waals surface area contributed by atoms with Gasteiger partial charge in [0.25, 0.3) is 0 Å². The summed E-state index contributed by atoms with van der Waals surface area (Å²) in [7, 11) is 2.11. The lowest BCUT2D eigenvalue weighted by Gasteiger charge is -2.13. The summed E-state index contributed by atoms with van der Waals surface area (Å²) in [5, 5.41) is 3.50. The molecule has 1 aliphatic rings. The van der Waals surface area contributed by atoms with E-state index in [0.717, 1.165) is 37.1 Å². The third kappa shape index (κ3) is 3.69. The summed E-state index contributed by atoms with van der Waals surface area (Å²) >= 11 is 1.72. The summed E-state index contributed by atoms with van der Waals surface area (Å²) < 4.78 is 5.64. The largest absolute Gasteiger partial charge is 0.468 e. The van der Waals surface area contributed by atoms with Crippen molar-refractivity contribution in [1.29, 1.82) is 0 Å². The molecule has 0 aromatic carbocycles. The van der Waals surface area contributed by atoms with Gasteiger partial charge in [0.05, 0.1) is 24.0 Å². The van der Waals surface area contributed by atoms with Gasteiger partial charge in [0, 0.05) is 29.6 Å². The average molecular weight is 291 g/mol. The van der Waals surface area contributed by atoms with Gasteiger partial charge in [0.1, 0.15) is 5.76 Å². The first kappa shape index (κ1) is 13.8. The minimum Gasteiger partial charge on any atom is -0.468 e. The van der Waals surface area contributed by atoms with Crippen LogP contribution >= 0.6 is 11.3 Å². The fraction of sp³-hybridized carbons (Fsp3) is 0.533. The van der Waals surface area contributed by atoms with Gasteiger partial charge in [-0.25, -0.2) is 4.98 Å². The van der Waals surface area contributed by atoms with Gasteiger partial charge < -0.3 is 9.73 Å². The minimum absolute atomic E-state index is 0.741. The summed E-state index contributed by atoms with van der Waals surface area (Å²) in [4.78, 5) is 7.88. The Morgan fingerprint density at radius 1 is 1.45 bits per heavy atom. The molecular formula is C15H21N3OS. The summed E-state index contributed by atoms with van der Waals surface area (Å²) in [6.07, 6.45) is 4.51. The lowest BCUT2D eigenvalue weighted by atomic mass is 10.3. The van der Waals surface area contributed by atoms with Crippen LogP contribution in [0.15, 0.2) is 22.3 Å². The highest BCUT2D eigenvalue weighted by atomic mass is 32.1. The second kappa shape index (κ2) is 6.08. The summed E-state index contributed by atoms with van der Waals surface area (Å²) in [6.45, 7) is 4.74. The normalized spacial score (nSPS) is 15.2. The lowest BCUT2D eigenvalue weighted by Crippen LogP contribution is -2.17. The van der Waals surface area contributed by atoms with Crippen molar-refractivity contribution in [3.8, 4) is 0 Å². The number of hydrogen-bond acceptors (Lipinski definition) is 5. The van der Waals surface area contributed by atoms with E-state index in [4.69, 9.17) is 4.42 Å². The predicted molar refractivity (Wildman–Crippen MR) is 80.6 cm³/mol. The van der Waals surface area contributed by atoms with Crippen molar-refractivity contribution in [2.24, 2.45) is 0 Å². The molecule has 5 heteroatoms. The highest BCUT2D eigenvalue weighted by Gasteiger charge is 2.20. The molecule has 1 aliphatic carbocycles. The minimum atomic E-state index is 0.741. The summed E-state index contributed by atoms with van der Waals surface area (Å²) in [5.74, 6) is 1.03. The van der Waals surface area contributed by atoms with Crippen LogP contribution in [0.3, 0.4) is 0 Å². The first-order valence-corrected chi connectivity index (χ1v) is 7.96. The van der Waals surface area contributed by atoms with Gasteiger partial charge in [0.2, 0.25) is 0 Å². The Labute approximate surface area is 123 Å². The SMILES string of the molecule is Cc1ncsc1CN(C)Cc1cc(CNC2CC2)co1. The van der Waals surface area contributed by atoms with Crippen molar-refractivity contribution < 1.29 is 4.42 Å².